The summed E-state index contributed by atoms with van der Waals surface area (Å²) in [7, 11) is 0. The Morgan fingerprint density at radius 2 is 1.91 bits per heavy atom. The second kappa shape index (κ2) is 5.50. The molecule has 0 saturated heterocycles. The zero-order chi connectivity index (χ0) is 15.8. The van der Waals surface area contributed by atoms with E-state index < -0.39 is 5.92 Å². The van der Waals surface area contributed by atoms with Crippen molar-refractivity contribution in [2.45, 2.75) is 5.92 Å². The van der Waals surface area contributed by atoms with Crippen LogP contribution in [0, 0.1) is 11.3 Å². The van der Waals surface area contributed by atoms with Gasteiger partial charge in [-0.25, -0.2) is 4.98 Å². The predicted octanol–water partition coefficient (Wildman–Crippen LogP) is 3.79. The van der Waals surface area contributed by atoms with E-state index in [1.54, 1.807) is 18.2 Å². The number of para-hydroxylation sites is 1. The first kappa shape index (κ1) is 13.9. The molecule has 2 aromatic heterocycles. The van der Waals surface area contributed by atoms with Crippen LogP contribution in [0.15, 0.2) is 42.5 Å². The number of hydrogen-bond acceptors (Lipinski definition) is 7. The molecule has 110 valence electrons. The monoisotopic (exact) mass is 336 g/mol. The van der Waals surface area contributed by atoms with Gasteiger partial charge in [0.2, 0.25) is 0 Å². The van der Waals surface area contributed by atoms with Crippen LogP contribution in [0.5, 0.6) is 0 Å². The smallest absolute Gasteiger partial charge is 0.187 e. The molecule has 0 amide bonds. The van der Waals surface area contributed by atoms with Crippen molar-refractivity contribution in [3.8, 4) is 6.07 Å². The van der Waals surface area contributed by atoms with Crippen LogP contribution < -0.4 is 0 Å². The Kier molecular flexibility index (Phi) is 3.33. The van der Waals surface area contributed by atoms with Gasteiger partial charge in [0.15, 0.2) is 11.7 Å². The molecule has 2 aromatic carbocycles. The molecule has 23 heavy (non-hydrogen) atoms. The molecular weight excluding hydrogens is 328 g/mol. The van der Waals surface area contributed by atoms with Gasteiger partial charge in [0.25, 0.3) is 0 Å². The molecule has 0 saturated carbocycles. The van der Waals surface area contributed by atoms with Gasteiger partial charge in [-0.15, -0.1) is 11.3 Å². The standard InChI is InChI=1S/C16H8N4OS2/c17-8-10(16-18-12-3-1-2-4-14(12)22-16)15(21)9-5-6-11-13(7-9)20-23-19-11/h1-7,10H/t10-/m1/s1. The molecule has 0 bridgehead atoms. The number of carbonyl (C=O) groups excluding carboxylic acids is 1. The lowest BCUT2D eigenvalue weighted by Gasteiger charge is -2.04. The van der Waals surface area contributed by atoms with E-state index in [1.807, 2.05) is 24.3 Å². The van der Waals surface area contributed by atoms with Crippen LogP contribution in [0.2, 0.25) is 0 Å². The van der Waals surface area contributed by atoms with Gasteiger partial charge >= 0.3 is 0 Å². The van der Waals surface area contributed by atoms with E-state index in [0.717, 1.165) is 27.5 Å². The fourth-order valence-corrected chi connectivity index (χ4v) is 3.87. The van der Waals surface area contributed by atoms with Crippen molar-refractivity contribution in [1.82, 2.24) is 13.7 Å². The second-order valence-electron chi connectivity index (χ2n) is 4.91. The summed E-state index contributed by atoms with van der Waals surface area (Å²) in [5.41, 5.74) is 2.68. The number of carbonyl (C=O) groups is 1. The van der Waals surface area contributed by atoms with Gasteiger partial charge < -0.3 is 0 Å². The Hall–Kier alpha value is -2.69. The minimum absolute atomic E-state index is 0.263. The number of rotatable bonds is 3. The van der Waals surface area contributed by atoms with Gasteiger partial charge in [-0.05, 0) is 30.3 Å². The van der Waals surface area contributed by atoms with Crippen LogP contribution >= 0.6 is 23.1 Å². The van der Waals surface area contributed by atoms with Crippen LogP contribution in [0.1, 0.15) is 21.3 Å². The van der Waals surface area contributed by atoms with Gasteiger partial charge in [0.05, 0.1) is 28.0 Å². The van der Waals surface area contributed by atoms with E-state index in [4.69, 9.17) is 0 Å². The van der Waals surface area contributed by atoms with Crippen LogP contribution in [-0.4, -0.2) is 19.5 Å². The Morgan fingerprint density at radius 1 is 1.09 bits per heavy atom. The van der Waals surface area contributed by atoms with Crippen LogP contribution in [0.4, 0.5) is 0 Å². The summed E-state index contributed by atoms with van der Waals surface area (Å²) < 4.78 is 9.22. The molecule has 7 heteroatoms. The van der Waals surface area contributed by atoms with Crippen molar-refractivity contribution in [1.29, 1.82) is 5.26 Å². The summed E-state index contributed by atoms with van der Waals surface area (Å²) >= 11 is 2.48. The molecule has 0 N–H and O–H groups in total. The maximum atomic E-state index is 12.7. The molecule has 4 aromatic rings. The predicted molar refractivity (Wildman–Crippen MR) is 89.7 cm³/mol. The average Bonchev–Trinajstić information content (AvgIpc) is 3.21. The summed E-state index contributed by atoms with van der Waals surface area (Å²) in [5, 5.41) is 10.0. The number of Topliss-reactive ketones (excluding diaryl/α,β-unsaturated/α-hetero) is 1. The van der Waals surface area contributed by atoms with Crippen molar-refractivity contribution in [3.05, 3.63) is 53.0 Å². The van der Waals surface area contributed by atoms with Gasteiger partial charge in [0, 0.05) is 5.56 Å². The van der Waals surface area contributed by atoms with E-state index in [-0.39, 0.29) is 5.78 Å². The van der Waals surface area contributed by atoms with Crippen molar-refractivity contribution in [3.63, 3.8) is 0 Å². The lowest BCUT2D eigenvalue weighted by atomic mass is 9.99. The molecule has 1 atom stereocenters. The topological polar surface area (TPSA) is 79.5 Å². The van der Waals surface area contributed by atoms with Crippen LogP contribution in [0.25, 0.3) is 21.3 Å². The Balaban J connectivity index is 1.76. The first-order chi connectivity index (χ1) is 11.3. The summed E-state index contributed by atoms with van der Waals surface area (Å²) in [6.07, 6.45) is 0. The maximum Gasteiger partial charge on any atom is 0.187 e. The third-order valence-electron chi connectivity index (χ3n) is 3.49. The van der Waals surface area contributed by atoms with Gasteiger partial charge in [-0.1, -0.05) is 12.1 Å². The minimum atomic E-state index is -0.906. The number of hydrogen-bond donors (Lipinski definition) is 0. The van der Waals surface area contributed by atoms with Gasteiger partial charge in [-0.3, -0.25) is 4.79 Å². The molecule has 0 unspecified atom stereocenters. The number of nitrogens with zero attached hydrogens (tertiary/aromatic N) is 4. The van der Waals surface area contributed by atoms with Gasteiger partial charge in [0.1, 0.15) is 16.0 Å². The number of fused-ring (bicyclic) bond motifs is 2. The van der Waals surface area contributed by atoms with Crippen LogP contribution in [0.3, 0.4) is 0 Å². The quantitative estimate of drug-likeness (QED) is 0.532. The molecule has 0 aliphatic carbocycles. The zero-order valence-electron chi connectivity index (χ0n) is 11.6. The van der Waals surface area contributed by atoms with E-state index >= 15 is 0 Å². The highest BCUT2D eigenvalue weighted by molar-refractivity contribution is 7.18. The third kappa shape index (κ3) is 2.38. The molecule has 4 rings (SSSR count). The highest BCUT2D eigenvalue weighted by atomic mass is 32.1. The summed E-state index contributed by atoms with van der Waals surface area (Å²) in [6.45, 7) is 0. The number of benzene rings is 2. The zero-order valence-corrected chi connectivity index (χ0v) is 13.3. The van der Waals surface area contributed by atoms with E-state index in [9.17, 15) is 10.1 Å². The summed E-state index contributed by atoms with van der Waals surface area (Å²) in [4.78, 5) is 17.2. The molecule has 0 aliphatic heterocycles. The molecule has 0 radical (unpaired) electrons. The number of thiazole rings is 1. The molecule has 2 heterocycles. The number of aromatic nitrogens is 3. The first-order valence-electron chi connectivity index (χ1n) is 6.78. The van der Waals surface area contributed by atoms with E-state index in [0.29, 0.717) is 16.1 Å². The molecule has 0 fully saturated rings. The molecule has 5 nitrogen and oxygen atoms in total. The van der Waals surface area contributed by atoms with E-state index in [2.05, 4.69) is 19.8 Å². The summed E-state index contributed by atoms with van der Waals surface area (Å²) in [6, 6.07) is 14.8. The Morgan fingerprint density at radius 3 is 2.74 bits per heavy atom. The fourth-order valence-electron chi connectivity index (χ4n) is 2.34. The highest BCUT2D eigenvalue weighted by Gasteiger charge is 2.25. The first-order valence-corrected chi connectivity index (χ1v) is 8.32. The van der Waals surface area contributed by atoms with Crippen molar-refractivity contribution in [2.24, 2.45) is 0 Å². The van der Waals surface area contributed by atoms with Gasteiger partial charge in [-0.2, -0.15) is 14.0 Å². The molecule has 0 spiro atoms. The Labute approximate surface area is 139 Å². The SMILES string of the molecule is N#C[C@H](C(=O)c1ccc2nsnc2c1)c1nc2ccccc2s1. The Bertz CT molecular complexity index is 1040. The van der Waals surface area contributed by atoms with E-state index in [1.165, 1.54) is 11.3 Å². The average molecular weight is 336 g/mol. The van der Waals surface area contributed by atoms with Crippen molar-refractivity contribution < 1.29 is 4.79 Å². The largest absolute Gasteiger partial charge is 0.292 e. The molecule has 0 aliphatic rings. The molecular formula is C16H8N4OS2. The number of nitriles is 1. The lowest BCUT2D eigenvalue weighted by molar-refractivity contribution is 0.0979. The number of ketones is 1. The van der Waals surface area contributed by atoms with Crippen LogP contribution in [-0.2, 0) is 0 Å². The lowest BCUT2D eigenvalue weighted by Crippen LogP contribution is -2.11. The highest BCUT2D eigenvalue weighted by Crippen LogP contribution is 2.29. The minimum Gasteiger partial charge on any atom is -0.292 e. The summed E-state index contributed by atoms with van der Waals surface area (Å²) in [5.74, 6) is -1.17. The van der Waals surface area contributed by atoms with Crippen molar-refractivity contribution >= 4 is 50.1 Å². The maximum absolute atomic E-state index is 12.7. The normalized spacial score (nSPS) is 12.3. The van der Waals surface area contributed by atoms with Crippen molar-refractivity contribution in [2.75, 3.05) is 0 Å². The second-order valence-corrected chi connectivity index (χ2v) is 6.50. The third-order valence-corrected chi connectivity index (χ3v) is 5.14. The fraction of sp³-hybridized carbons (Fsp3) is 0.0625.